The minimum atomic E-state index is -0.618. The van der Waals surface area contributed by atoms with E-state index in [2.05, 4.69) is 26.0 Å². The lowest BCUT2D eigenvalue weighted by Crippen LogP contribution is -2.00. The Balaban J connectivity index is 0.000000291. The number of aromatic nitrogens is 2. The summed E-state index contributed by atoms with van der Waals surface area (Å²) in [6.45, 7) is 3.96. The molecular weight excluding hydrogens is 453 g/mol. The van der Waals surface area contributed by atoms with E-state index in [1.54, 1.807) is 0 Å². The molecule has 11 heteroatoms. The van der Waals surface area contributed by atoms with Crippen LogP contribution in [0.4, 0.5) is 8.78 Å². The molecule has 2 aromatic rings. The quantitative estimate of drug-likeness (QED) is 0.281. The van der Waals surface area contributed by atoms with Crippen molar-refractivity contribution in [2.75, 3.05) is 27.8 Å². The third kappa shape index (κ3) is 8.88. The van der Waals surface area contributed by atoms with Gasteiger partial charge in [0, 0.05) is 25.3 Å². The van der Waals surface area contributed by atoms with E-state index >= 15 is 0 Å². The van der Waals surface area contributed by atoms with Crippen LogP contribution in [-0.2, 0) is 32.2 Å². The third-order valence-corrected chi connectivity index (χ3v) is 4.02. The van der Waals surface area contributed by atoms with Crippen LogP contribution in [0.2, 0.25) is 15.5 Å². The summed E-state index contributed by atoms with van der Waals surface area (Å²) < 4.78 is 45.6. The summed E-state index contributed by atoms with van der Waals surface area (Å²) in [6, 6.07) is 2.47. The van der Waals surface area contributed by atoms with Gasteiger partial charge in [-0.3, -0.25) is 0 Å². The Hall–Kier alpha value is -1.39. The highest BCUT2D eigenvalue weighted by molar-refractivity contribution is 6.33. The van der Waals surface area contributed by atoms with E-state index in [9.17, 15) is 8.78 Å². The second kappa shape index (κ2) is 13.8. The largest absolute Gasteiger partial charge is 0.359 e. The zero-order valence-corrected chi connectivity index (χ0v) is 18.0. The summed E-state index contributed by atoms with van der Waals surface area (Å²) in [6.07, 6.45) is 1.31. The van der Waals surface area contributed by atoms with Gasteiger partial charge in [-0.1, -0.05) is 41.4 Å². The molecule has 0 radical (unpaired) electrons. The molecule has 0 saturated carbocycles. The molecule has 0 N–H and O–H groups in total. The average molecular weight is 472 g/mol. The number of hydrogen-bond donors (Lipinski definition) is 0. The van der Waals surface area contributed by atoms with Crippen LogP contribution < -0.4 is 0 Å². The Morgan fingerprint density at radius 3 is 1.83 bits per heavy atom. The summed E-state index contributed by atoms with van der Waals surface area (Å²) in [5.41, 5.74) is 1.05. The molecule has 0 spiro atoms. The maximum Gasteiger partial charge on any atom is 0.166 e. The van der Waals surface area contributed by atoms with Gasteiger partial charge in [0.15, 0.2) is 11.0 Å². The summed E-state index contributed by atoms with van der Waals surface area (Å²) in [7, 11) is 2.99. The molecule has 0 fully saturated rings. The molecule has 0 unspecified atom stereocenters. The van der Waals surface area contributed by atoms with Crippen LogP contribution in [0, 0.1) is 11.6 Å². The van der Waals surface area contributed by atoms with Crippen LogP contribution in [0.15, 0.2) is 18.7 Å². The predicted molar refractivity (Wildman–Crippen MR) is 107 cm³/mol. The second-order valence-corrected chi connectivity index (χ2v) is 6.30. The first-order chi connectivity index (χ1) is 13.8. The van der Waals surface area contributed by atoms with Gasteiger partial charge in [0.25, 0.3) is 0 Å². The lowest BCUT2D eigenvalue weighted by molar-refractivity contribution is -0.0392. The van der Waals surface area contributed by atoms with E-state index in [1.807, 2.05) is 0 Å². The zero-order chi connectivity index (χ0) is 21.8. The first-order valence-electron chi connectivity index (χ1n) is 7.95. The highest BCUT2D eigenvalue weighted by Crippen LogP contribution is 2.21. The number of halogens is 5. The fourth-order valence-electron chi connectivity index (χ4n) is 1.82. The molecule has 2 heterocycles. The molecule has 0 saturated heterocycles. The van der Waals surface area contributed by atoms with Crippen LogP contribution in [0.25, 0.3) is 6.08 Å². The normalized spacial score (nSPS) is 10.4. The number of rotatable bonds is 9. The lowest BCUT2D eigenvalue weighted by Gasteiger charge is -2.06. The van der Waals surface area contributed by atoms with Crippen LogP contribution in [0.3, 0.4) is 0 Å². The number of hydrogen-bond acceptors (Lipinski definition) is 6. The van der Waals surface area contributed by atoms with Gasteiger partial charge >= 0.3 is 0 Å². The van der Waals surface area contributed by atoms with Crippen LogP contribution >= 0.6 is 34.8 Å². The standard InChI is InChI=1S/C10H11ClFNO2.C8H8Cl2FNO2/c1-3-9-8(12)4-7(10(11)13-9)5-15-6-14-2;1-13-4-14-3-5-2-6(11)8(10)12-7(5)9/h3-4H,1,5-6H2,2H3;2H,3-4H2,1H3. The summed E-state index contributed by atoms with van der Waals surface area (Å²) in [4.78, 5) is 7.41. The highest BCUT2D eigenvalue weighted by atomic mass is 35.5. The fraction of sp³-hybridized carbons (Fsp3) is 0.333. The Morgan fingerprint density at radius 2 is 1.34 bits per heavy atom. The topological polar surface area (TPSA) is 62.7 Å². The first-order valence-corrected chi connectivity index (χ1v) is 9.08. The van der Waals surface area contributed by atoms with Crippen molar-refractivity contribution in [3.05, 3.63) is 62.6 Å². The molecule has 0 amide bonds. The molecule has 2 rings (SSSR count). The fourth-order valence-corrected chi connectivity index (χ4v) is 2.39. The van der Waals surface area contributed by atoms with E-state index in [-0.39, 0.29) is 48.0 Å². The number of ether oxygens (including phenoxy) is 4. The van der Waals surface area contributed by atoms with Gasteiger partial charge in [0.05, 0.1) is 18.9 Å². The Morgan fingerprint density at radius 1 is 0.862 bits per heavy atom. The van der Waals surface area contributed by atoms with Crippen molar-refractivity contribution in [2.45, 2.75) is 13.2 Å². The van der Waals surface area contributed by atoms with Crippen molar-refractivity contribution in [2.24, 2.45) is 0 Å². The Kier molecular flexibility index (Phi) is 12.2. The molecule has 0 atom stereocenters. The first kappa shape index (κ1) is 25.6. The number of nitrogens with zero attached hydrogens (tertiary/aromatic N) is 2. The van der Waals surface area contributed by atoms with Crippen molar-refractivity contribution in [1.82, 2.24) is 9.97 Å². The van der Waals surface area contributed by atoms with Crippen molar-refractivity contribution in [3.63, 3.8) is 0 Å². The molecular formula is C18H19Cl3F2N2O4. The smallest absolute Gasteiger partial charge is 0.166 e. The predicted octanol–water partition coefficient (Wildman–Crippen LogP) is 5.29. The van der Waals surface area contributed by atoms with Gasteiger partial charge in [-0.05, 0) is 18.2 Å². The molecule has 2 aromatic heterocycles. The van der Waals surface area contributed by atoms with Crippen molar-refractivity contribution < 1.29 is 27.7 Å². The van der Waals surface area contributed by atoms with Crippen molar-refractivity contribution in [3.8, 4) is 0 Å². The molecule has 0 aliphatic carbocycles. The lowest BCUT2D eigenvalue weighted by atomic mass is 10.2. The SMILES string of the molecule is C=Cc1nc(Cl)c(COCOC)cc1F.COCOCc1cc(F)c(Cl)nc1Cl. The molecule has 0 bridgehead atoms. The van der Waals surface area contributed by atoms with Crippen LogP contribution in [0.5, 0.6) is 0 Å². The summed E-state index contributed by atoms with van der Waals surface area (Å²) in [5, 5.41) is 0.0976. The molecule has 0 aliphatic rings. The highest BCUT2D eigenvalue weighted by Gasteiger charge is 2.09. The van der Waals surface area contributed by atoms with E-state index in [4.69, 9.17) is 44.3 Å². The Labute approximate surface area is 182 Å². The van der Waals surface area contributed by atoms with Crippen LogP contribution in [-0.4, -0.2) is 37.8 Å². The third-order valence-electron chi connectivity index (χ3n) is 3.10. The van der Waals surface area contributed by atoms with E-state index in [0.717, 1.165) is 0 Å². The van der Waals surface area contributed by atoms with Crippen LogP contribution in [0.1, 0.15) is 16.8 Å². The maximum absolute atomic E-state index is 13.3. The van der Waals surface area contributed by atoms with Gasteiger partial charge in [0.2, 0.25) is 0 Å². The van der Waals surface area contributed by atoms with Gasteiger partial charge in [0.1, 0.15) is 29.7 Å². The molecule has 160 valence electrons. The number of pyridine rings is 2. The van der Waals surface area contributed by atoms with Crippen molar-refractivity contribution >= 4 is 40.9 Å². The summed E-state index contributed by atoms with van der Waals surface area (Å²) >= 11 is 16.9. The van der Waals surface area contributed by atoms with Gasteiger partial charge in [-0.25, -0.2) is 18.7 Å². The van der Waals surface area contributed by atoms with E-state index in [0.29, 0.717) is 11.1 Å². The second-order valence-electron chi connectivity index (χ2n) is 5.23. The average Bonchev–Trinajstić information content (AvgIpc) is 2.69. The van der Waals surface area contributed by atoms with Crippen molar-refractivity contribution in [1.29, 1.82) is 0 Å². The minimum absolute atomic E-state index is 0.112. The summed E-state index contributed by atoms with van der Waals surface area (Å²) in [5.74, 6) is -1.09. The number of methoxy groups -OCH3 is 2. The van der Waals surface area contributed by atoms with E-state index < -0.39 is 11.6 Å². The van der Waals surface area contributed by atoms with Gasteiger partial charge in [-0.15, -0.1) is 0 Å². The molecule has 6 nitrogen and oxygen atoms in total. The minimum Gasteiger partial charge on any atom is -0.359 e. The van der Waals surface area contributed by atoms with Gasteiger partial charge in [-0.2, -0.15) is 0 Å². The monoisotopic (exact) mass is 470 g/mol. The molecule has 29 heavy (non-hydrogen) atoms. The zero-order valence-electron chi connectivity index (χ0n) is 15.7. The Bertz CT molecular complexity index is 813. The maximum atomic E-state index is 13.3. The molecule has 0 aliphatic heterocycles. The molecule has 0 aromatic carbocycles. The van der Waals surface area contributed by atoms with E-state index in [1.165, 1.54) is 32.4 Å². The van der Waals surface area contributed by atoms with Gasteiger partial charge < -0.3 is 18.9 Å².